The molecule has 1 aliphatic heterocycles. The molecule has 10 heteroatoms. The molecular formula is C15H26ClN3O4S2. The Kier molecular flexibility index (Phi) is 7.85. The standard InChI is InChI=1S/C15H25N3O4S2.ClH/c1-4-18(5-2)24(21,22)15-8-6-7-14(11-15)23(19,20)17(3)13-9-10-16-12-13;/h6-8,11,13,16H,4-5,9-10,12H2,1-3H3;1H. The van der Waals surface area contributed by atoms with Crippen LogP contribution in [0.4, 0.5) is 0 Å². The molecular weight excluding hydrogens is 386 g/mol. The van der Waals surface area contributed by atoms with Gasteiger partial charge in [-0.2, -0.15) is 8.61 Å². The number of rotatable bonds is 7. The van der Waals surface area contributed by atoms with Crippen molar-refractivity contribution < 1.29 is 16.8 Å². The van der Waals surface area contributed by atoms with Crippen LogP contribution < -0.4 is 5.32 Å². The van der Waals surface area contributed by atoms with E-state index in [-0.39, 0.29) is 28.2 Å². The van der Waals surface area contributed by atoms with Gasteiger partial charge < -0.3 is 5.32 Å². The maximum atomic E-state index is 12.8. The lowest BCUT2D eigenvalue weighted by atomic mass is 10.3. The molecule has 0 amide bonds. The van der Waals surface area contributed by atoms with Crippen molar-refractivity contribution in [2.75, 3.05) is 33.2 Å². The van der Waals surface area contributed by atoms with E-state index in [0.717, 1.165) is 13.0 Å². The predicted octanol–water partition coefficient (Wildman–Crippen LogP) is 1.12. The Bertz CT molecular complexity index is 774. The molecule has 1 aromatic rings. The van der Waals surface area contributed by atoms with Gasteiger partial charge in [0, 0.05) is 32.7 Å². The molecule has 0 spiro atoms. The minimum atomic E-state index is -3.73. The zero-order chi connectivity index (χ0) is 18.0. The summed E-state index contributed by atoms with van der Waals surface area (Å²) in [5, 5.41) is 3.13. The van der Waals surface area contributed by atoms with E-state index in [1.165, 1.54) is 32.9 Å². The highest BCUT2D eigenvalue weighted by atomic mass is 35.5. The van der Waals surface area contributed by atoms with Gasteiger partial charge >= 0.3 is 0 Å². The van der Waals surface area contributed by atoms with E-state index >= 15 is 0 Å². The largest absolute Gasteiger partial charge is 0.315 e. The number of hydrogen-bond acceptors (Lipinski definition) is 5. The van der Waals surface area contributed by atoms with Crippen molar-refractivity contribution in [3.63, 3.8) is 0 Å². The Balaban J connectivity index is 0.00000312. The zero-order valence-electron chi connectivity index (χ0n) is 14.7. The lowest BCUT2D eigenvalue weighted by molar-refractivity contribution is 0.387. The first-order valence-electron chi connectivity index (χ1n) is 8.04. The third kappa shape index (κ3) is 4.53. The number of halogens is 1. The third-order valence-electron chi connectivity index (χ3n) is 4.37. The van der Waals surface area contributed by atoms with Crippen LogP contribution in [0.15, 0.2) is 34.1 Å². The molecule has 144 valence electrons. The summed E-state index contributed by atoms with van der Waals surface area (Å²) >= 11 is 0. The van der Waals surface area contributed by atoms with Crippen LogP contribution in [0.2, 0.25) is 0 Å². The van der Waals surface area contributed by atoms with E-state index in [1.807, 2.05) is 0 Å². The molecule has 1 heterocycles. The second-order valence-electron chi connectivity index (χ2n) is 5.73. The van der Waals surface area contributed by atoms with Crippen LogP contribution in [-0.2, 0) is 20.0 Å². The first kappa shape index (κ1) is 22.3. The molecule has 1 unspecified atom stereocenters. The van der Waals surface area contributed by atoms with Gasteiger partial charge in [0.15, 0.2) is 0 Å². The van der Waals surface area contributed by atoms with Gasteiger partial charge in [0.2, 0.25) is 20.0 Å². The molecule has 0 saturated carbocycles. The highest BCUT2D eigenvalue weighted by Crippen LogP contribution is 2.23. The Labute approximate surface area is 156 Å². The van der Waals surface area contributed by atoms with Crippen molar-refractivity contribution in [3.05, 3.63) is 24.3 Å². The van der Waals surface area contributed by atoms with E-state index in [4.69, 9.17) is 0 Å². The van der Waals surface area contributed by atoms with E-state index < -0.39 is 20.0 Å². The van der Waals surface area contributed by atoms with Crippen molar-refractivity contribution in [1.29, 1.82) is 0 Å². The van der Waals surface area contributed by atoms with Gasteiger partial charge in [-0.1, -0.05) is 19.9 Å². The van der Waals surface area contributed by atoms with Crippen LogP contribution in [0.3, 0.4) is 0 Å². The molecule has 1 N–H and O–H groups in total. The summed E-state index contributed by atoms with van der Waals surface area (Å²) in [5.74, 6) is 0. The van der Waals surface area contributed by atoms with Gasteiger partial charge in [-0.05, 0) is 31.2 Å². The predicted molar refractivity (Wildman–Crippen MR) is 100 cm³/mol. The van der Waals surface area contributed by atoms with Crippen LogP contribution in [0.25, 0.3) is 0 Å². The van der Waals surface area contributed by atoms with Gasteiger partial charge in [0.1, 0.15) is 0 Å². The number of benzene rings is 1. The normalized spacial score (nSPS) is 18.5. The molecule has 0 bridgehead atoms. The Morgan fingerprint density at radius 1 is 1.08 bits per heavy atom. The van der Waals surface area contributed by atoms with Crippen molar-refractivity contribution in [2.45, 2.75) is 36.1 Å². The minimum absolute atomic E-state index is 0. The smallest absolute Gasteiger partial charge is 0.243 e. The van der Waals surface area contributed by atoms with Crippen molar-refractivity contribution in [3.8, 4) is 0 Å². The highest BCUT2D eigenvalue weighted by Gasteiger charge is 2.31. The van der Waals surface area contributed by atoms with Crippen LogP contribution in [-0.4, -0.2) is 64.7 Å². The molecule has 1 aromatic carbocycles. The van der Waals surface area contributed by atoms with Crippen molar-refractivity contribution in [1.82, 2.24) is 13.9 Å². The summed E-state index contributed by atoms with van der Waals surface area (Å²) in [7, 11) is -5.88. The average molecular weight is 412 g/mol. The molecule has 0 aromatic heterocycles. The van der Waals surface area contributed by atoms with Crippen LogP contribution in [0.5, 0.6) is 0 Å². The first-order valence-corrected chi connectivity index (χ1v) is 10.9. The summed E-state index contributed by atoms with van der Waals surface area (Å²) < 4.78 is 53.4. The van der Waals surface area contributed by atoms with Crippen LogP contribution in [0, 0.1) is 0 Å². The third-order valence-corrected chi connectivity index (χ3v) is 8.33. The summed E-state index contributed by atoms with van der Waals surface area (Å²) in [4.78, 5) is 0.00959. The number of nitrogens with zero attached hydrogens (tertiary/aromatic N) is 2. The number of nitrogens with one attached hydrogen (secondary N) is 1. The van der Waals surface area contributed by atoms with Gasteiger partial charge in [0.05, 0.1) is 9.79 Å². The molecule has 1 aliphatic rings. The Morgan fingerprint density at radius 3 is 2.12 bits per heavy atom. The monoisotopic (exact) mass is 411 g/mol. The van der Waals surface area contributed by atoms with Crippen LogP contribution in [0.1, 0.15) is 20.3 Å². The van der Waals surface area contributed by atoms with Gasteiger partial charge in [0.25, 0.3) is 0 Å². The summed E-state index contributed by atoms with van der Waals surface area (Å²) in [5.41, 5.74) is 0. The topological polar surface area (TPSA) is 86.8 Å². The fourth-order valence-corrected chi connectivity index (χ4v) is 5.83. The van der Waals surface area contributed by atoms with Gasteiger partial charge in [-0.25, -0.2) is 16.8 Å². The maximum Gasteiger partial charge on any atom is 0.243 e. The Morgan fingerprint density at radius 2 is 1.64 bits per heavy atom. The van der Waals surface area contributed by atoms with Gasteiger partial charge in [-0.3, -0.25) is 0 Å². The van der Waals surface area contributed by atoms with E-state index in [9.17, 15) is 16.8 Å². The SMILES string of the molecule is CCN(CC)S(=O)(=O)c1cccc(S(=O)(=O)N(C)C2CCNC2)c1.Cl. The molecule has 1 saturated heterocycles. The van der Waals surface area contributed by atoms with Crippen molar-refractivity contribution in [2.24, 2.45) is 0 Å². The second kappa shape index (κ2) is 8.79. The molecule has 1 fully saturated rings. The lowest BCUT2D eigenvalue weighted by Gasteiger charge is -2.24. The summed E-state index contributed by atoms with van der Waals surface area (Å²) in [6, 6.07) is 5.49. The Hall–Kier alpha value is -0.710. The van der Waals surface area contributed by atoms with Crippen LogP contribution >= 0.6 is 12.4 Å². The molecule has 1 atom stereocenters. The molecule has 0 radical (unpaired) electrons. The quantitative estimate of drug-likeness (QED) is 0.726. The first-order chi connectivity index (χ1) is 11.2. The number of hydrogen-bond donors (Lipinski definition) is 1. The fourth-order valence-electron chi connectivity index (χ4n) is 2.82. The number of sulfonamides is 2. The maximum absolute atomic E-state index is 12.8. The van der Waals surface area contributed by atoms with E-state index in [1.54, 1.807) is 20.9 Å². The molecule has 7 nitrogen and oxygen atoms in total. The molecule has 0 aliphatic carbocycles. The lowest BCUT2D eigenvalue weighted by Crippen LogP contribution is -2.38. The number of likely N-dealkylation sites (N-methyl/N-ethyl adjacent to an activating group) is 1. The summed E-state index contributed by atoms with van der Waals surface area (Å²) in [6.07, 6.45) is 0.743. The minimum Gasteiger partial charge on any atom is -0.315 e. The molecule has 2 rings (SSSR count). The second-order valence-corrected chi connectivity index (χ2v) is 9.67. The molecule has 25 heavy (non-hydrogen) atoms. The van der Waals surface area contributed by atoms with Gasteiger partial charge in [-0.15, -0.1) is 12.4 Å². The van der Waals surface area contributed by atoms with Crippen molar-refractivity contribution >= 4 is 32.5 Å². The van der Waals surface area contributed by atoms with E-state index in [0.29, 0.717) is 19.6 Å². The highest BCUT2D eigenvalue weighted by molar-refractivity contribution is 7.90. The zero-order valence-corrected chi connectivity index (χ0v) is 17.1. The van der Waals surface area contributed by atoms with E-state index in [2.05, 4.69) is 5.32 Å². The average Bonchev–Trinajstić information content (AvgIpc) is 3.09. The fraction of sp³-hybridized carbons (Fsp3) is 0.600. The summed E-state index contributed by atoms with van der Waals surface area (Å²) in [6.45, 7) is 5.56.